The Labute approximate surface area is 76.6 Å². The minimum Gasteiger partial charge on any atom is -0.507 e. The van der Waals surface area contributed by atoms with Crippen LogP contribution in [0.25, 0.3) is 0 Å². The molecule has 0 aliphatic carbocycles. The molecule has 0 atom stereocenters. The Morgan fingerprint density at radius 2 is 2.08 bits per heavy atom. The number of rotatable bonds is 2. The van der Waals surface area contributed by atoms with Gasteiger partial charge in [-0.25, -0.2) is 4.79 Å². The molecular weight excluding hydrogens is 168 g/mol. The van der Waals surface area contributed by atoms with Gasteiger partial charge in [-0.15, -0.1) is 0 Å². The van der Waals surface area contributed by atoms with E-state index in [9.17, 15) is 9.90 Å². The van der Waals surface area contributed by atoms with Gasteiger partial charge in [-0.2, -0.15) is 0 Å². The van der Waals surface area contributed by atoms with Crippen LogP contribution in [0.15, 0.2) is 12.1 Å². The molecule has 0 fully saturated rings. The van der Waals surface area contributed by atoms with E-state index in [0.29, 0.717) is 17.5 Å². The van der Waals surface area contributed by atoms with Crippen molar-refractivity contribution in [3.8, 4) is 5.75 Å². The molecule has 3 nitrogen and oxygen atoms in total. The molecule has 1 rings (SSSR count). The first-order valence-electron chi connectivity index (χ1n) is 4.12. The van der Waals surface area contributed by atoms with Gasteiger partial charge in [0.2, 0.25) is 0 Å². The van der Waals surface area contributed by atoms with E-state index in [0.717, 1.165) is 0 Å². The van der Waals surface area contributed by atoms with E-state index >= 15 is 0 Å². The highest BCUT2D eigenvalue weighted by molar-refractivity contribution is 5.93. The number of carboxylic acid groups (broad SMARTS) is 1. The Balaban J connectivity index is 3.38. The molecule has 3 heteroatoms. The minimum absolute atomic E-state index is 0.0133. The second kappa shape index (κ2) is 3.47. The van der Waals surface area contributed by atoms with E-state index in [1.807, 2.05) is 6.92 Å². The molecule has 0 bridgehead atoms. The summed E-state index contributed by atoms with van der Waals surface area (Å²) in [4.78, 5) is 10.8. The number of carbonyl (C=O) groups is 1. The van der Waals surface area contributed by atoms with E-state index in [2.05, 4.69) is 0 Å². The first-order valence-corrected chi connectivity index (χ1v) is 4.12. The number of aromatic hydroxyl groups is 1. The Kier molecular flexibility index (Phi) is 2.56. The number of benzene rings is 1. The summed E-state index contributed by atoms with van der Waals surface area (Å²) in [5, 5.41) is 18.4. The monoisotopic (exact) mass is 180 g/mol. The summed E-state index contributed by atoms with van der Waals surface area (Å²) < 4.78 is 0. The standard InChI is InChI=1S/C10H12O3/c1-3-7-5-4-6(2)8(9(7)11)10(12)13/h4-5,11H,3H2,1-2H3,(H,12,13). The van der Waals surface area contributed by atoms with E-state index in [-0.39, 0.29) is 11.3 Å². The molecule has 0 amide bonds. The van der Waals surface area contributed by atoms with E-state index in [4.69, 9.17) is 5.11 Å². The van der Waals surface area contributed by atoms with Gasteiger partial charge < -0.3 is 10.2 Å². The Morgan fingerprint density at radius 1 is 1.46 bits per heavy atom. The lowest BCUT2D eigenvalue weighted by atomic mass is 10.0. The number of aromatic carboxylic acids is 1. The largest absolute Gasteiger partial charge is 0.507 e. The molecule has 1 aromatic rings. The van der Waals surface area contributed by atoms with Crippen molar-refractivity contribution < 1.29 is 15.0 Å². The summed E-state index contributed by atoms with van der Waals surface area (Å²) in [5.74, 6) is -1.18. The predicted molar refractivity (Wildman–Crippen MR) is 49.2 cm³/mol. The van der Waals surface area contributed by atoms with Gasteiger partial charge in [0, 0.05) is 0 Å². The van der Waals surface area contributed by atoms with Gasteiger partial charge >= 0.3 is 5.97 Å². The molecule has 0 spiro atoms. The lowest BCUT2D eigenvalue weighted by Gasteiger charge is -2.07. The van der Waals surface area contributed by atoms with Crippen LogP contribution in [-0.2, 0) is 6.42 Å². The normalized spacial score (nSPS) is 10.0. The van der Waals surface area contributed by atoms with Crippen molar-refractivity contribution in [2.24, 2.45) is 0 Å². The lowest BCUT2D eigenvalue weighted by molar-refractivity contribution is 0.0692. The zero-order valence-electron chi connectivity index (χ0n) is 7.66. The van der Waals surface area contributed by atoms with Gasteiger partial charge in [0.15, 0.2) is 0 Å². The van der Waals surface area contributed by atoms with Crippen molar-refractivity contribution >= 4 is 5.97 Å². The fraction of sp³-hybridized carbons (Fsp3) is 0.300. The highest BCUT2D eigenvalue weighted by atomic mass is 16.4. The Morgan fingerprint density at radius 3 is 2.54 bits per heavy atom. The molecule has 2 N–H and O–H groups in total. The smallest absolute Gasteiger partial charge is 0.339 e. The van der Waals surface area contributed by atoms with Crippen LogP contribution in [0.2, 0.25) is 0 Å². The molecule has 70 valence electrons. The van der Waals surface area contributed by atoms with Crippen LogP contribution in [-0.4, -0.2) is 16.2 Å². The second-order valence-corrected chi connectivity index (χ2v) is 2.92. The maximum atomic E-state index is 10.8. The maximum absolute atomic E-state index is 10.8. The van der Waals surface area contributed by atoms with E-state index in [1.165, 1.54) is 0 Å². The number of hydrogen-bond donors (Lipinski definition) is 2. The van der Waals surface area contributed by atoms with Gasteiger partial charge in [0.25, 0.3) is 0 Å². The number of phenols is 1. The summed E-state index contributed by atoms with van der Waals surface area (Å²) >= 11 is 0. The van der Waals surface area contributed by atoms with Crippen molar-refractivity contribution in [3.63, 3.8) is 0 Å². The van der Waals surface area contributed by atoms with Crippen molar-refractivity contribution in [3.05, 3.63) is 28.8 Å². The second-order valence-electron chi connectivity index (χ2n) is 2.92. The summed E-state index contributed by atoms with van der Waals surface area (Å²) in [6, 6.07) is 3.46. The van der Waals surface area contributed by atoms with Crippen LogP contribution >= 0.6 is 0 Å². The fourth-order valence-corrected chi connectivity index (χ4v) is 1.29. The summed E-state index contributed by atoms with van der Waals surface area (Å²) in [5.41, 5.74) is 1.27. The first-order chi connectivity index (χ1) is 6.07. The lowest BCUT2D eigenvalue weighted by Crippen LogP contribution is -2.01. The highest BCUT2D eigenvalue weighted by Crippen LogP contribution is 2.25. The van der Waals surface area contributed by atoms with Gasteiger partial charge in [-0.05, 0) is 24.5 Å². The molecule has 0 radical (unpaired) electrons. The molecule has 0 unspecified atom stereocenters. The van der Waals surface area contributed by atoms with Crippen molar-refractivity contribution in [2.45, 2.75) is 20.3 Å². The summed E-state index contributed by atoms with van der Waals surface area (Å²) in [6.45, 7) is 3.54. The third kappa shape index (κ3) is 1.64. The summed E-state index contributed by atoms with van der Waals surface area (Å²) in [7, 11) is 0. The Bertz CT molecular complexity index is 342. The van der Waals surface area contributed by atoms with Crippen LogP contribution in [0.3, 0.4) is 0 Å². The molecule has 13 heavy (non-hydrogen) atoms. The maximum Gasteiger partial charge on any atom is 0.339 e. The molecule has 0 aliphatic rings. The van der Waals surface area contributed by atoms with Gasteiger partial charge in [0.05, 0.1) is 0 Å². The van der Waals surface area contributed by atoms with Gasteiger partial charge in [-0.1, -0.05) is 19.1 Å². The van der Waals surface area contributed by atoms with Crippen LogP contribution in [0.5, 0.6) is 5.75 Å². The molecule has 1 aromatic carbocycles. The number of hydrogen-bond acceptors (Lipinski definition) is 2. The number of carboxylic acids is 1. The molecule has 0 heterocycles. The van der Waals surface area contributed by atoms with E-state index in [1.54, 1.807) is 19.1 Å². The van der Waals surface area contributed by atoms with Gasteiger partial charge in [-0.3, -0.25) is 0 Å². The zero-order chi connectivity index (χ0) is 10.0. The van der Waals surface area contributed by atoms with Crippen molar-refractivity contribution in [2.75, 3.05) is 0 Å². The van der Waals surface area contributed by atoms with Crippen molar-refractivity contribution in [1.29, 1.82) is 0 Å². The Hall–Kier alpha value is -1.51. The zero-order valence-corrected chi connectivity index (χ0v) is 7.66. The van der Waals surface area contributed by atoms with Crippen LogP contribution in [0.1, 0.15) is 28.4 Å². The van der Waals surface area contributed by atoms with Crippen molar-refractivity contribution in [1.82, 2.24) is 0 Å². The average molecular weight is 180 g/mol. The highest BCUT2D eigenvalue weighted by Gasteiger charge is 2.14. The molecule has 0 aromatic heterocycles. The van der Waals surface area contributed by atoms with Crippen LogP contribution < -0.4 is 0 Å². The van der Waals surface area contributed by atoms with Crippen LogP contribution in [0.4, 0.5) is 0 Å². The molecule has 0 saturated carbocycles. The topological polar surface area (TPSA) is 57.5 Å². The first kappa shape index (κ1) is 9.58. The quantitative estimate of drug-likeness (QED) is 0.731. The molecule has 0 saturated heterocycles. The molecular formula is C10H12O3. The third-order valence-electron chi connectivity index (χ3n) is 2.06. The SMILES string of the molecule is CCc1ccc(C)c(C(=O)O)c1O. The fourth-order valence-electron chi connectivity index (χ4n) is 1.29. The predicted octanol–water partition coefficient (Wildman–Crippen LogP) is 1.96. The van der Waals surface area contributed by atoms with Gasteiger partial charge in [0.1, 0.15) is 11.3 Å². The average Bonchev–Trinajstić information content (AvgIpc) is 2.04. The number of aryl methyl sites for hydroxylation is 2. The molecule has 0 aliphatic heterocycles. The minimum atomic E-state index is -1.08. The van der Waals surface area contributed by atoms with E-state index < -0.39 is 5.97 Å². The third-order valence-corrected chi connectivity index (χ3v) is 2.06. The van der Waals surface area contributed by atoms with Crippen LogP contribution in [0, 0.1) is 6.92 Å². The summed E-state index contributed by atoms with van der Waals surface area (Å²) in [6.07, 6.45) is 0.631.